The summed E-state index contributed by atoms with van der Waals surface area (Å²) in [5.74, 6) is -0.587. The molecule has 0 radical (unpaired) electrons. The minimum Gasteiger partial charge on any atom is -0.394 e. The first-order valence-corrected chi connectivity index (χ1v) is 10.7. The highest BCUT2D eigenvalue weighted by Gasteiger charge is 2.37. The van der Waals surface area contributed by atoms with Crippen molar-refractivity contribution < 1.29 is 28.5 Å². The van der Waals surface area contributed by atoms with Crippen molar-refractivity contribution in [3.8, 4) is 0 Å². The number of nitrogens with zero attached hydrogens (tertiary/aromatic N) is 4. The lowest BCUT2D eigenvalue weighted by Crippen LogP contribution is -2.31. The maximum Gasteiger partial charge on any atom is 0.350 e. The van der Waals surface area contributed by atoms with Crippen molar-refractivity contribution in [1.82, 2.24) is 19.1 Å². The van der Waals surface area contributed by atoms with E-state index in [2.05, 4.69) is 9.97 Å². The minimum absolute atomic E-state index is 0.0977. The molecule has 2 aromatic rings. The Kier molecular flexibility index (Phi) is 8.08. The van der Waals surface area contributed by atoms with Crippen molar-refractivity contribution in [3.05, 3.63) is 67.8 Å². The largest absolute Gasteiger partial charge is 0.394 e. The third-order valence-corrected chi connectivity index (χ3v) is 5.70. The molecule has 1 fully saturated rings. The van der Waals surface area contributed by atoms with Gasteiger partial charge >= 0.3 is 11.4 Å². The number of alkyl halides is 1. The Morgan fingerprint density at radius 2 is 1.53 bits per heavy atom. The molecule has 5 atom stereocenters. The van der Waals surface area contributed by atoms with Gasteiger partial charge in [-0.3, -0.25) is 9.13 Å². The molecule has 12 heteroatoms. The van der Waals surface area contributed by atoms with Crippen molar-refractivity contribution in [2.24, 2.45) is 0 Å². The zero-order chi connectivity index (χ0) is 25.2. The van der Waals surface area contributed by atoms with Gasteiger partial charge in [-0.05, 0) is 44.9 Å². The molecule has 2 N–H and O–H groups in total. The van der Waals surface area contributed by atoms with Crippen LogP contribution in [0.1, 0.15) is 41.4 Å². The monoisotopic (exact) mass is 482 g/mol. The number of aromatic nitrogens is 4. The first-order chi connectivity index (χ1) is 16.0. The number of aliphatic hydroxyl groups is 2. The smallest absolute Gasteiger partial charge is 0.350 e. The molecule has 34 heavy (non-hydrogen) atoms. The van der Waals surface area contributed by atoms with Gasteiger partial charge in [0.25, 0.3) is 0 Å². The number of ether oxygens (including phenoxy) is 2. The average Bonchev–Trinajstić information content (AvgIpc) is 3.35. The van der Waals surface area contributed by atoms with E-state index >= 15 is 0 Å². The van der Waals surface area contributed by atoms with Gasteiger partial charge in [-0.1, -0.05) is 0 Å². The fourth-order valence-corrected chi connectivity index (χ4v) is 3.53. The molecule has 186 valence electrons. The lowest BCUT2D eigenvalue weighted by Gasteiger charge is -2.17. The Labute approximate surface area is 194 Å². The Hall–Kier alpha value is -2.80. The van der Waals surface area contributed by atoms with E-state index < -0.39 is 48.0 Å². The van der Waals surface area contributed by atoms with Crippen LogP contribution in [0.15, 0.2) is 33.9 Å². The van der Waals surface area contributed by atoms with Gasteiger partial charge in [0.2, 0.25) is 0 Å². The van der Waals surface area contributed by atoms with Crippen LogP contribution in [0, 0.1) is 27.7 Å². The molecule has 4 heterocycles. The molecule has 0 aliphatic carbocycles. The molecule has 2 aromatic heterocycles. The van der Waals surface area contributed by atoms with Crippen LogP contribution in [0.2, 0.25) is 0 Å². The number of hydrogen-bond acceptors (Lipinski definition) is 8. The summed E-state index contributed by atoms with van der Waals surface area (Å²) in [6.07, 6.45) is -0.361. The summed E-state index contributed by atoms with van der Waals surface area (Å²) in [5, 5.41) is 17.8. The van der Waals surface area contributed by atoms with E-state index in [1.54, 1.807) is 33.9 Å². The lowest BCUT2D eigenvalue weighted by atomic mass is 10.2. The Morgan fingerprint density at radius 3 is 2.03 bits per heavy atom. The Morgan fingerprint density at radius 1 is 0.971 bits per heavy atom. The van der Waals surface area contributed by atoms with Crippen molar-refractivity contribution in [1.29, 1.82) is 0 Å². The number of halogens is 2. The zero-order valence-electron chi connectivity index (χ0n) is 19.3. The maximum atomic E-state index is 13.7. The summed E-state index contributed by atoms with van der Waals surface area (Å²) in [4.78, 5) is 30.9. The summed E-state index contributed by atoms with van der Waals surface area (Å²) in [5.41, 5.74) is 1.70. The van der Waals surface area contributed by atoms with Crippen LogP contribution in [-0.4, -0.2) is 60.9 Å². The second-order valence-corrected chi connectivity index (χ2v) is 8.24. The molecular formula is C22H28F2N4O6. The maximum absolute atomic E-state index is 13.7. The van der Waals surface area contributed by atoms with E-state index in [0.717, 1.165) is 26.3 Å². The van der Waals surface area contributed by atoms with Gasteiger partial charge in [-0.2, -0.15) is 9.97 Å². The quantitative estimate of drug-likeness (QED) is 0.663. The molecule has 0 aromatic carbocycles. The van der Waals surface area contributed by atoms with Gasteiger partial charge in [0.15, 0.2) is 12.5 Å². The van der Waals surface area contributed by atoms with Gasteiger partial charge in [0.1, 0.15) is 18.1 Å². The second kappa shape index (κ2) is 10.6. The topological polar surface area (TPSA) is 129 Å². The average molecular weight is 482 g/mol. The lowest BCUT2D eigenvalue weighted by molar-refractivity contribution is -0.0394. The van der Waals surface area contributed by atoms with Gasteiger partial charge in [-0.15, -0.1) is 0 Å². The third-order valence-electron chi connectivity index (χ3n) is 5.70. The van der Waals surface area contributed by atoms with Crippen molar-refractivity contribution in [3.63, 3.8) is 0 Å². The van der Waals surface area contributed by atoms with Crippen LogP contribution in [0.4, 0.5) is 8.78 Å². The Bertz CT molecular complexity index is 1180. The fourth-order valence-electron chi connectivity index (χ4n) is 3.53. The molecule has 4 rings (SSSR count). The SMILES string of the molecule is Cc1cn([C@@H]2O[C@H](CO)C=C2F)c(=O)nc1C.Cc1cn([C@@H]2O[C@H](CO)C[C@H]2F)c(=O)nc1C. The number of aryl methyl sites for hydroxylation is 4. The van der Waals surface area contributed by atoms with Gasteiger partial charge < -0.3 is 19.7 Å². The highest BCUT2D eigenvalue weighted by molar-refractivity contribution is 5.15. The molecular weight excluding hydrogens is 454 g/mol. The van der Waals surface area contributed by atoms with Crippen LogP contribution in [0.3, 0.4) is 0 Å². The molecule has 2 aliphatic heterocycles. The van der Waals surface area contributed by atoms with E-state index in [0.29, 0.717) is 11.4 Å². The molecule has 1 saturated heterocycles. The van der Waals surface area contributed by atoms with E-state index in [1.807, 2.05) is 0 Å². The number of rotatable bonds is 4. The summed E-state index contributed by atoms with van der Waals surface area (Å²) in [6.45, 7) is 6.43. The number of hydrogen-bond donors (Lipinski definition) is 2. The first kappa shape index (κ1) is 25.8. The standard InChI is InChI=1S/C11H15FN2O3.C11H13FN2O3/c2*1-6-4-14(11(16)13-7(6)2)10-9(12)3-8(5-15)17-10/h4,8-10,15H,3,5H2,1-2H3;3-4,8,10,15H,5H2,1-2H3/t8-,9+,10+;8-,10+/m00/s1. The first-order valence-electron chi connectivity index (χ1n) is 10.7. The molecule has 2 aliphatic rings. The number of aliphatic hydroxyl groups excluding tert-OH is 2. The Balaban J connectivity index is 0.000000191. The van der Waals surface area contributed by atoms with E-state index in [4.69, 9.17) is 19.7 Å². The minimum atomic E-state index is -1.30. The van der Waals surface area contributed by atoms with Crippen LogP contribution < -0.4 is 11.4 Å². The molecule has 0 saturated carbocycles. The van der Waals surface area contributed by atoms with Crippen molar-refractivity contribution in [2.75, 3.05) is 13.2 Å². The van der Waals surface area contributed by atoms with E-state index in [9.17, 15) is 18.4 Å². The summed E-state index contributed by atoms with van der Waals surface area (Å²) < 4.78 is 40.0. The molecule has 0 spiro atoms. The predicted molar refractivity (Wildman–Crippen MR) is 117 cm³/mol. The van der Waals surface area contributed by atoms with Gasteiger partial charge in [-0.25, -0.2) is 18.4 Å². The highest BCUT2D eigenvalue weighted by Crippen LogP contribution is 2.30. The molecule has 10 nitrogen and oxygen atoms in total. The van der Waals surface area contributed by atoms with Gasteiger partial charge in [0.05, 0.1) is 19.3 Å². The predicted octanol–water partition coefficient (Wildman–Crippen LogP) is 1.08. The zero-order valence-corrected chi connectivity index (χ0v) is 19.3. The van der Waals surface area contributed by atoms with Crippen molar-refractivity contribution >= 4 is 0 Å². The molecule has 0 unspecified atom stereocenters. The van der Waals surface area contributed by atoms with E-state index in [1.165, 1.54) is 6.20 Å². The van der Waals surface area contributed by atoms with Crippen molar-refractivity contribution in [2.45, 2.75) is 65.0 Å². The third kappa shape index (κ3) is 5.46. The summed E-state index contributed by atoms with van der Waals surface area (Å²) in [7, 11) is 0. The van der Waals surface area contributed by atoms with E-state index in [-0.39, 0.29) is 19.6 Å². The highest BCUT2D eigenvalue weighted by atomic mass is 19.1. The second-order valence-electron chi connectivity index (χ2n) is 8.24. The molecule has 0 amide bonds. The normalized spacial score (nSPS) is 26.2. The van der Waals surface area contributed by atoms with Crippen LogP contribution in [0.5, 0.6) is 0 Å². The van der Waals surface area contributed by atoms with Crippen LogP contribution >= 0.6 is 0 Å². The van der Waals surface area contributed by atoms with Crippen LogP contribution in [0.25, 0.3) is 0 Å². The summed E-state index contributed by atoms with van der Waals surface area (Å²) >= 11 is 0. The van der Waals surface area contributed by atoms with Gasteiger partial charge in [0, 0.05) is 30.2 Å². The molecule has 0 bridgehead atoms. The van der Waals surface area contributed by atoms with Crippen LogP contribution in [-0.2, 0) is 9.47 Å². The fraction of sp³-hybridized carbons (Fsp3) is 0.545. The summed E-state index contributed by atoms with van der Waals surface area (Å²) in [6, 6.07) is 0.